The maximum absolute atomic E-state index is 11.9. The molecule has 0 spiro atoms. The molecule has 0 radical (unpaired) electrons. The number of hydrogen-bond acceptors (Lipinski definition) is 4. The smallest absolute Gasteiger partial charge is 0.276 e. The highest BCUT2D eigenvalue weighted by Crippen LogP contribution is 2.27. The van der Waals surface area contributed by atoms with Crippen LogP contribution < -0.4 is 20.9 Å². The molecule has 0 atom stereocenters. The van der Waals surface area contributed by atoms with E-state index < -0.39 is 5.91 Å². The number of carbonyl (C=O) groups excluding carboxylic acids is 2. The Hall–Kier alpha value is -1.87. The summed E-state index contributed by atoms with van der Waals surface area (Å²) in [5.74, 6) is -0.424. The van der Waals surface area contributed by atoms with Crippen molar-refractivity contribution in [3.63, 3.8) is 0 Å². The van der Waals surface area contributed by atoms with Crippen LogP contribution in [-0.2, 0) is 16.0 Å². The number of carbonyl (C=O) groups is 2. The molecule has 148 valence electrons. The average molecular weight is 505 g/mol. The standard InChI is InChI=1S/C18H16BrCl2N3O3S/c19-12-6-7-15(14(21)9-12)27-10-17(26)23-24-18(28)22-16(25)8-5-11-3-1-2-4-13(11)20/h1-4,6-7,9H,5,8,10H2,(H,23,26)(H2,22,24,25,28). The molecule has 2 amide bonds. The van der Waals surface area contributed by atoms with Crippen LogP contribution in [0.2, 0.25) is 10.0 Å². The van der Waals surface area contributed by atoms with E-state index in [1.807, 2.05) is 18.2 Å². The van der Waals surface area contributed by atoms with Gasteiger partial charge in [-0.25, -0.2) is 0 Å². The van der Waals surface area contributed by atoms with Crippen molar-refractivity contribution in [1.82, 2.24) is 16.2 Å². The number of thiocarbonyl (C=S) groups is 1. The van der Waals surface area contributed by atoms with Gasteiger partial charge in [0.1, 0.15) is 5.75 Å². The summed E-state index contributed by atoms with van der Waals surface area (Å²) < 4.78 is 6.12. The molecule has 10 heteroatoms. The van der Waals surface area contributed by atoms with Crippen LogP contribution in [0.15, 0.2) is 46.9 Å². The molecular formula is C18H16BrCl2N3O3S. The Morgan fingerprint density at radius 2 is 1.79 bits per heavy atom. The molecule has 2 aromatic rings. The monoisotopic (exact) mass is 503 g/mol. The number of aryl methyl sites for hydroxylation is 1. The lowest BCUT2D eigenvalue weighted by molar-refractivity contribution is -0.124. The minimum atomic E-state index is -0.494. The van der Waals surface area contributed by atoms with Crippen LogP contribution in [0.25, 0.3) is 0 Å². The zero-order chi connectivity index (χ0) is 20.5. The summed E-state index contributed by atoms with van der Waals surface area (Å²) in [7, 11) is 0. The largest absolute Gasteiger partial charge is 0.482 e. The van der Waals surface area contributed by atoms with Gasteiger partial charge in [0.05, 0.1) is 5.02 Å². The Morgan fingerprint density at radius 3 is 2.50 bits per heavy atom. The molecular weight excluding hydrogens is 489 g/mol. The summed E-state index contributed by atoms with van der Waals surface area (Å²) in [6.45, 7) is -0.280. The van der Waals surface area contributed by atoms with E-state index in [1.54, 1.807) is 24.3 Å². The second-order valence-electron chi connectivity index (χ2n) is 5.51. The van der Waals surface area contributed by atoms with Gasteiger partial charge in [-0.1, -0.05) is 57.3 Å². The maximum Gasteiger partial charge on any atom is 0.276 e. The van der Waals surface area contributed by atoms with Gasteiger partial charge < -0.3 is 10.1 Å². The molecule has 0 fully saturated rings. The Morgan fingerprint density at radius 1 is 1.04 bits per heavy atom. The number of amides is 2. The van der Waals surface area contributed by atoms with Crippen LogP contribution in [0.5, 0.6) is 5.75 Å². The van der Waals surface area contributed by atoms with E-state index >= 15 is 0 Å². The van der Waals surface area contributed by atoms with Crippen LogP contribution >= 0.6 is 51.3 Å². The fourth-order valence-corrected chi connectivity index (χ4v) is 3.19. The molecule has 0 bridgehead atoms. The molecule has 28 heavy (non-hydrogen) atoms. The Bertz CT molecular complexity index is 883. The Labute approximate surface area is 186 Å². The first-order chi connectivity index (χ1) is 13.3. The van der Waals surface area contributed by atoms with Crippen molar-refractivity contribution in [2.24, 2.45) is 0 Å². The first-order valence-electron chi connectivity index (χ1n) is 8.05. The molecule has 0 heterocycles. The molecule has 6 nitrogen and oxygen atoms in total. The first-order valence-corrected chi connectivity index (χ1v) is 10.0. The van der Waals surface area contributed by atoms with E-state index in [-0.39, 0.29) is 24.0 Å². The van der Waals surface area contributed by atoms with Crippen molar-refractivity contribution in [3.8, 4) is 5.75 Å². The van der Waals surface area contributed by atoms with Crippen molar-refractivity contribution in [3.05, 3.63) is 62.5 Å². The van der Waals surface area contributed by atoms with Crippen LogP contribution in [0.3, 0.4) is 0 Å². The molecule has 0 saturated carbocycles. The number of ether oxygens (including phenoxy) is 1. The molecule has 0 aliphatic rings. The molecule has 0 aliphatic carbocycles. The molecule has 2 aromatic carbocycles. The third-order valence-corrected chi connectivity index (χ3v) is 4.76. The van der Waals surface area contributed by atoms with Crippen molar-refractivity contribution < 1.29 is 14.3 Å². The van der Waals surface area contributed by atoms with Crippen molar-refractivity contribution in [2.75, 3.05) is 6.61 Å². The summed E-state index contributed by atoms with van der Waals surface area (Å²) in [6.07, 6.45) is 0.674. The van der Waals surface area contributed by atoms with E-state index in [0.717, 1.165) is 10.0 Å². The summed E-state index contributed by atoms with van der Waals surface area (Å²) in [5.41, 5.74) is 5.64. The van der Waals surface area contributed by atoms with E-state index in [4.69, 9.17) is 40.2 Å². The van der Waals surface area contributed by atoms with Crippen LogP contribution in [-0.4, -0.2) is 23.5 Å². The van der Waals surface area contributed by atoms with Crippen molar-refractivity contribution >= 4 is 68.3 Å². The van der Waals surface area contributed by atoms with E-state index in [2.05, 4.69) is 32.1 Å². The number of nitrogens with one attached hydrogen (secondary N) is 3. The zero-order valence-electron chi connectivity index (χ0n) is 14.4. The summed E-state index contributed by atoms with van der Waals surface area (Å²) in [6, 6.07) is 12.3. The van der Waals surface area contributed by atoms with E-state index in [1.165, 1.54) is 0 Å². The van der Waals surface area contributed by atoms with Gasteiger partial charge in [0.25, 0.3) is 5.91 Å². The predicted molar refractivity (Wildman–Crippen MR) is 116 cm³/mol. The molecule has 3 N–H and O–H groups in total. The third-order valence-electron chi connectivity index (χ3n) is 3.40. The lowest BCUT2D eigenvalue weighted by atomic mass is 10.1. The van der Waals surface area contributed by atoms with Gasteiger partial charge in [-0.05, 0) is 48.5 Å². The highest BCUT2D eigenvalue weighted by Gasteiger charge is 2.09. The topological polar surface area (TPSA) is 79.5 Å². The minimum Gasteiger partial charge on any atom is -0.482 e. The zero-order valence-corrected chi connectivity index (χ0v) is 18.3. The van der Waals surface area contributed by atoms with E-state index in [9.17, 15) is 9.59 Å². The lowest BCUT2D eigenvalue weighted by Crippen LogP contribution is -2.49. The van der Waals surface area contributed by atoms with Crippen LogP contribution in [0.4, 0.5) is 0 Å². The molecule has 0 aromatic heterocycles. The third kappa shape index (κ3) is 7.63. The number of benzene rings is 2. The second-order valence-corrected chi connectivity index (χ2v) is 7.64. The van der Waals surface area contributed by atoms with Gasteiger partial charge in [0, 0.05) is 15.9 Å². The summed E-state index contributed by atoms with van der Waals surface area (Å²) in [4.78, 5) is 23.7. The SMILES string of the molecule is O=C(COc1ccc(Br)cc1Cl)NNC(=S)NC(=O)CCc1ccccc1Cl. The highest BCUT2D eigenvalue weighted by atomic mass is 79.9. The lowest BCUT2D eigenvalue weighted by Gasteiger charge is -2.12. The number of hydrogen-bond donors (Lipinski definition) is 3. The number of halogens is 3. The second kappa shape index (κ2) is 11.2. The Kier molecular flexibility index (Phi) is 8.98. The molecule has 0 aliphatic heterocycles. The maximum atomic E-state index is 11.9. The molecule has 0 unspecified atom stereocenters. The van der Waals surface area contributed by atoms with Gasteiger partial charge in [-0.3, -0.25) is 20.4 Å². The molecule has 0 saturated heterocycles. The van der Waals surface area contributed by atoms with Crippen LogP contribution in [0, 0.1) is 0 Å². The van der Waals surface area contributed by atoms with Gasteiger partial charge in [-0.15, -0.1) is 0 Å². The normalized spacial score (nSPS) is 10.1. The Balaban J connectivity index is 1.67. The van der Waals surface area contributed by atoms with Crippen LogP contribution in [0.1, 0.15) is 12.0 Å². The number of rotatable bonds is 6. The molecule has 2 rings (SSSR count). The quantitative estimate of drug-likeness (QED) is 0.412. The van der Waals surface area contributed by atoms with Gasteiger partial charge in [0.2, 0.25) is 5.91 Å². The predicted octanol–water partition coefficient (Wildman–Crippen LogP) is 3.79. The average Bonchev–Trinajstić information content (AvgIpc) is 2.65. The van der Waals surface area contributed by atoms with Gasteiger partial charge in [-0.2, -0.15) is 0 Å². The van der Waals surface area contributed by atoms with E-state index in [0.29, 0.717) is 22.2 Å². The van der Waals surface area contributed by atoms with Crippen molar-refractivity contribution in [2.45, 2.75) is 12.8 Å². The fourth-order valence-electron chi connectivity index (χ4n) is 2.07. The van der Waals surface area contributed by atoms with Gasteiger partial charge in [0.15, 0.2) is 11.7 Å². The first kappa shape index (κ1) is 22.4. The summed E-state index contributed by atoms with van der Waals surface area (Å²) in [5, 5.41) is 3.42. The minimum absolute atomic E-state index is 0.0285. The fraction of sp³-hybridized carbons (Fsp3) is 0.167. The van der Waals surface area contributed by atoms with Crippen molar-refractivity contribution in [1.29, 1.82) is 0 Å². The highest BCUT2D eigenvalue weighted by molar-refractivity contribution is 9.10. The summed E-state index contributed by atoms with van der Waals surface area (Å²) >= 11 is 20.3. The van der Waals surface area contributed by atoms with Gasteiger partial charge >= 0.3 is 0 Å². The number of hydrazine groups is 1.